The first-order chi connectivity index (χ1) is 15.8. The Kier molecular flexibility index (Phi) is 6.19. The fourth-order valence-electron chi connectivity index (χ4n) is 3.64. The number of amides is 2. The minimum absolute atomic E-state index is 0.197. The van der Waals surface area contributed by atoms with Gasteiger partial charge in [-0.25, -0.2) is 13.1 Å². The van der Waals surface area contributed by atoms with Crippen LogP contribution in [0.25, 0.3) is 5.69 Å². The molecule has 1 aliphatic heterocycles. The summed E-state index contributed by atoms with van der Waals surface area (Å²) in [5.74, 6) is -1.23. The SMILES string of the molecule is COc1cccc(CCNC(=O)C(=O)Nc2c3c(nn2-c2ccc(C)cc2)CS(=O)(=O)C3)c1. The molecule has 0 fully saturated rings. The number of hydrogen-bond donors (Lipinski definition) is 2. The highest BCUT2D eigenvalue weighted by Crippen LogP contribution is 2.33. The first kappa shape index (κ1) is 22.5. The Morgan fingerprint density at radius 2 is 1.85 bits per heavy atom. The number of methoxy groups -OCH3 is 1. The zero-order valence-corrected chi connectivity index (χ0v) is 19.1. The molecule has 33 heavy (non-hydrogen) atoms. The molecule has 0 saturated carbocycles. The van der Waals surface area contributed by atoms with Crippen LogP contribution >= 0.6 is 0 Å². The number of sulfone groups is 1. The van der Waals surface area contributed by atoms with Crippen LogP contribution in [0.1, 0.15) is 22.4 Å². The second kappa shape index (κ2) is 9.07. The van der Waals surface area contributed by atoms with Gasteiger partial charge >= 0.3 is 11.8 Å². The van der Waals surface area contributed by atoms with E-state index in [9.17, 15) is 18.0 Å². The smallest absolute Gasteiger partial charge is 0.314 e. The number of aromatic nitrogens is 2. The largest absolute Gasteiger partial charge is 0.497 e. The van der Waals surface area contributed by atoms with Crippen molar-refractivity contribution in [2.75, 3.05) is 19.0 Å². The molecule has 0 atom stereocenters. The summed E-state index contributed by atoms with van der Waals surface area (Å²) in [4.78, 5) is 25.0. The number of nitrogens with zero attached hydrogens (tertiary/aromatic N) is 2. The van der Waals surface area contributed by atoms with Gasteiger partial charge < -0.3 is 15.4 Å². The summed E-state index contributed by atoms with van der Waals surface area (Å²) >= 11 is 0. The van der Waals surface area contributed by atoms with Gasteiger partial charge in [0.2, 0.25) is 0 Å². The number of benzene rings is 2. The van der Waals surface area contributed by atoms with Crippen LogP contribution in [0.3, 0.4) is 0 Å². The molecule has 2 heterocycles. The lowest BCUT2D eigenvalue weighted by atomic mass is 10.1. The highest BCUT2D eigenvalue weighted by atomic mass is 32.2. The summed E-state index contributed by atoms with van der Waals surface area (Å²) in [5, 5.41) is 9.56. The van der Waals surface area contributed by atoms with Gasteiger partial charge in [-0.1, -0.05) is 29.8 Å². The number of anilines is 1. The second-order valence-corrected chi connectivity index (χ2v) is 9.93. The van der Waals surface area contributed by atoms with Crippen molar-refractivity contribution in [3.63, 3.8) is 0 Å². The number of fused-ring (bicyclic) bond motifs is 1. The average molecular weight is 469 g/mol. The molecule has 0 aliphatic carbocycles. The molecule has 0 unspecified atom stereocenters. The Morgan fingerprint density at radius 1 is 1.09 bits per heavy atom. The maximum absolute atomic E-state index is 12.6. The summed E-state index contributed by atoms with van der Waals surface area (Å²) in [6.07, 6.45) is 0.519. The molecular weight excluding hydrogens is 444 g/mol. The molecule has 3 aromatic rings. The number of nitrogens with one attached hydrogen (secondary N) is 2. The highest BCUT2D eigenvalue weighted by molar-refractivity contribution is 7.90. The molecule has 0 radical (unpaired) electrons. The summed E-state index contributed by atoms with van der Waals surface area (Å²) in [5.41, 5.74) is 3.44. The van der Waals surface area contributed by atoms with Crippen LogP contribution in [0.15, 0.2) is 48.5 Å². The van der Waals surface area contributed by atoms with E-state index in [4.69, 9.17) is 4.74 Å². The van der Waals surface area contributed by atoms with E-state index < -0.39 is 21.7 Å². The van der Waals surface area contributed by atoms with Gasteiger partial charge in [0.25, 0.3) is 0 Å². The molecule has 1 aromatic heterocycles. The molecule has 0 saturated heterocycles. The van der Waals surface area contributed by atoms with Crippen LogP contribution in [0.5, 0.6) is 5.75 Å². The topological polar surface area (TPSA) is 119 Å². The molecular formula is C23H24N4O5S. The van der Waals surface area contributed by atoms with Crippen LogP contribution in [-0.4, -0.2) is 43.7 Å². The normalized spacial score (nSPS) is 13.9. The van der Waals surface area contributed by atoms with Crippen LogP contribution < -0.4 is 15.4 Å². The van der Waals surface area contributed by atoms with Crippen molar-refractivity contribution in [1.29, 1.82) is 0 Å². The van der Waals surface area contributed by atoms with Crippen LogP contribution in [0, 0.1) is 6.92 Å². The van der Waals surface area contributed by atoms with Crippen molar-refractivity contribution in [3.05, 3.63) is 70.9 Å². The van der Waals surface area contributed by atoms with Gasteiger partial charge in [-0.05, 0) is 43.2 Å². The second-order valence-electron chi connectivity index (χ2n) is 7.87. The fourth-order valence-corrected chi connectivity index (χ4v) is 5.13. The molecule has 2 amide bonds. The van der Waals surface area contributed by atoms with E-state index in [-0.39, 0.29) is 23.9 Å². The molecule has 172 valence electrons. The fraction of sp³-hybridized carbons (Fsp3) is 0.261. The minimum atomic E-state index is -3.33. The third-order valence-corrected chi connectivity index (χ3v) is 6.78. The highest BCUT2D eigenvalue weighted by Gasteiger charge is 2.33. The zero-order valence-electron chi connectivity index (χ0n) is 18.3. The molecule has 1 aliphatic rings. The Balaban J connectivity index is 1.48. The third kappa shape index (κ3) is 5.06. The molecule has 2 N–H and O–H groups in total. The third-order valence-electron chi connectivity index (χ3n) is 5.34. The van der Waals surface area contributed by atoms with Gasteiger partial charge in [0, 0.05) is 12.1 Å². The quantitative estimate of drug-likeness (QED) is 0.534. The van der Waals surface area contributed by atoms with Crippen LogP contribution in [0.4, 0.5) is 5.82 Å². The predicted molar refractivity (Wildman–Crippen MR) is 123 cm³/mol. The van der Waals surface area contributed by atoms with Crippen molar-refractivity contribution >= 4 is 27.5 Å². The summed E-state index contributed by atoms with van der Waals surface area (Å²) < 4.78 is 30.8. The first-order valence-corrected chi connectivity index (χ1v) is 12.2. The summed E-state index contributed by atoms with van der Waals surface area (Å²) in [6, 6.07) is 14.8. The molecule has 0 spiro atoms. The molecule has 2 aromatic carbocycles. The number of carbonyl (C=O) groups is 2. The van der Waals surface area contributed by atoms with Gasteiger partial charge in [-0.2, -0.15) is 5.10 Å². The van der Waals surface area contributed by atoms with E-state index >= 15 is 0 Å². The van der Waals surface area contributed by atoms with E-state index in [0.717, 1.165) is 11.1 Å². The molecule has 10 heteroatoms. The van der Waals surface area contributed by atoms with Crippen molar-refractivity contribution in [2.45, 2.75) is 24.9 Å². The molecule has 0 bridgehead atoms. The van der Waals surface area contributed by atoms with Crippen LogP contribution in [0.2, 0.25) is 0 Å². The number of carbonyl (C=O) groups excluding carboxylic acids is 2. The van der Waals surface area contributed by atoms with E-state index in [1.165, 1.54) is 4.68 Å². The lowest BCUT2D eigenvalue weighted by Gasteiger charge is -2.11. The first-order valence-electron chi connectivity index (χ1n) is 10.4. The zero-order chi connectivity index (χ0) is 23.6. The van der Waals surface area contributed by atoms with Gasteiger partial charge in [-0.3, -0.25) is 9.59 Å². The van der Waals surface area contributed by atoms with E-state index in [0.29, 0.717) is 29.1 Å². The molecule has 4 rings (SSSR count). The number of hydrogen-bond acceptors (Lipinski definition) is 6. The van der Waals surface area contributed by atoms with Gasteiger partial charge in [-0.15, -0.1) is 0 Å². The lowest BCUT2D eigenvalue weighted by molar-refractivity contribution is -0.136. The van der Waals surface area contributed by atoms with Gasteiger partial charge in [0.05, 0.1) is 30.0 Å². The monoisotopic (exact) mass is 468 g/mol. The van der Waals surface area contributed by atoms with Crippen molar-refractivity contribution in [2.24, 2.45) is 0 Å². The van der Waals surface area contributed by atoms with Crippen molar-refractivity contribution < 1.29 is 22.7 Å². The summed E-state index contributed by atoms with van der Waals surface area (Å²) in [7, 11) is -1.76. The molecule has 9 nitrogen and oxygen atoms in total. The van der Waals surface area contributed by atoms with Crippen molar-refractivity contribution in [3.8, 4) is 11.4 Å². The number of ether oxygens (including phenoxy) is 1. The summed E-state index contributed by atoms with van der Waals surface area (Å²) in [6.45, 7) is 2.20. The van der Waals surface area contributed by atoms with E-state index in [1.54, 1.807) is 7.11 Å². The Labute approximate surface area is 191 Å². The standard InChI is InChI=1S/C23H24N4O5S/c1-15-6-8-17(9-7-15)27-21(19-13-33(30,31)14-20(19)26-27)25-23(29)22(28)24-11-10-16-4-3-5-18(12-16)32-2/h3-9,12H,10-11,13-14H2,1-2H3,(H,24,28)(H,25,29). The predicted octanol–water partition coefficient (Wildman–Crippen LogP) is 1.92. The average Bonchev–Trinajstić information content (AvgIpc) is 3.26. The Morgan fingerprint density at radius 3 is 2.58 bits per heavy atom. The number of aryl methyl sites for hydroxylation is 1. The maximum atomic E-state index is 12.6. The number of rotatable bonds is 6. The Hall–Kier alpha value is -3.66. The van der Waals surface area contributed by atoms with Crippen molar-refractivity contribution in [1.82, 2.24) is 15.1 Å². The van der Waals surface area contributed by atoms with E-state index in [1.807, 2.05) is 55.5 Å². The van der Waals surface area contributed by atoms with Gasteiger partial charge in [0.15, 0.2) is 9.84 Å². The van der Waals surface area contributed by atoms with Gasteiger partial charge in [0.1, 0.15) is 11.6 Å². The maximum Gasteiger partial charge on any atom is 0.314 e. The minimum Gasteiger partial charge on any atom is -0.497 e. The van der Waals surface area contributed by atoms with E-state index in [2.05, 4.69) is 15.7 Å². The van der Waals surface area contributed by atoms with Crippen LogP contribution in [-0.2, 0) is 37.4 Å². The Bertz CT molecular complexity index is 1310. The lowest BCUT2D eigenvalue weighted by Crippen LogP contribution is -2.37.